The smallest absolute Gasteiger partial charge is 0.298 e. The van der Waals surface area contributed by atoms with E-state index in [4.69, 9.17) is 6.42 Å². The summed E-state index contributed by atoms with van der Waals surface area (Å²) in [6.07, 6.45) is 5.98. The minimum Gasteiger partial charge on any atom is -0.331 e. The number of carbonyl (C=O) groups excluding carboxylic acids is 1. The van der Waals surface area contributed by atoms with E-state index in [2.05, 4.69) is 11.2 Å². The molecule has 60 valence electrons. The van der Waals surface area contributed by atoms with Crippen molar-refractivity contribution in [3.63, 3.8) is 0 Å². The van der Waals surface area contributed by atoms with Gasteiger partial charge in [-0.15, -0.1) is 6.42 Å². The lowest BCUT2D eigenvalue weighted by Crippen LogP contribution is -2.37. The average Bonchev–Trinajstić information content (AvgIpc) is 2.53. The molecule has 1 fully saturated rings. The highest BCUT2D eigenvalue weighted by Gasteiger charge is 2.21. The summed E-state index contributed by atoms with van der Waals surface area (Å²) in [6, 6.07) is 0.290. The first-order valence-corrected chi connectivity index (χ1v) is 3.70. The predicted octanol–water partition coefficient (Wildman–Crippen LogP) is -0.560. The van der Waals surface area contributed by atoms with Crippen LogP contribution in [0.3, 0.4) is 0 Å². The fraction of sp³-hybridized carbons (Fsp3) is 0.625. The molecule has 0 saturated carbocycles. The first kappa shape index (κ1) is 8.09. The van der Waals surface area contributed by atoms with Crippen LogP contribution in [0.2, 0.25) is 0 Å². The van der Waals surface area contributed by atoms with Crippen molar-refractivity contribution < 1.29 is 4.79 Å². The zero-order valence-electron chi connectivity index (χ0n) is 6.63. The van der Waals surface area contributed by atoms with Crippen molar-refractivity contribution in [2.45, 2.75) is 12.5 Å². The quantitative estimate of drug-likeness (QED) is 0.511. The van der Waals surface area contributed by atoms with E-state index in [0.29, 0.717) is 6.04 Å². The van der Waals surface area contributed by atoms with Crippen molar-refractivity contribution in [2.24, 2.45) is 0 Å². The van der Waals surface area contributed by atoms with Crippen molar-refractivity contribution in [1.29, 1.82) is 0 Å². The highest BCUT2D eigenvalue weighted by atomic mass is 16.2. The molecule has 1 heterocycles. The van der Waals surface area contributed by atoms with Crippen LogP contribution in [0.25, 0.3) is 0 Å². The molecule has 0 spiro atoms. The third-order valence-corrected chi connectivity index (χ3v) is 2.03. The van der Waals surface area contributed by atoms with Crippen LogP contribution in [0.1, 0.15) is 6.42 Å². The Morgan fingerprint density at radius 3 is 3.00 bits per heavy atom. The molecule has 1 rings (SSSR count). The molecule has 3 nitrogen and oxygen atoms in total. The monoisotopic (exact) mass is 152 g/mol. The minimum atomic E-state index is -0.223. The molecule has 0 aromatic heterocycles. The number of likely N-dealkylation sites (N-methyl/N-ethyl adjacent to an activating group) is 1. The van der Waals surface area contributed by atoms with Gasteiger partial charge in [-0.3, -0.25) is 4.79 Å². The summed E-state index contributed by atoms with van der Waals surface area (Å²) < 4.78 is 0. The molecule has 1 saturated heterocycles. The summed E-state index contributed by atoms with van der Waals surface area (Å²) in [7, 11) is 1.75. The highest BCUT2D eigenvalue weighted by molar-refractivity contribution is 5.92. The SMILES string of the molecule is C#CC(=O)N(C)C1CCNC1. The molecule has 1 N–H and O–H groups in total. The minimum absolute atomic E-state index is 0.223. The summed E-state index contributed by atoms with van der Waals surface area (Å²) in [6.45, 7) is 1.84. The average molecular weight is 152 g/mol. The Labute approximate surface area is 66.8 Å². The van der Waals surface area contributed by atoms with Crippen LogP contribution in [0.15, 0.2) is 0 Å². The van der Waals surface area contributed by atoms with Crippen LogP contribution in [0, 0.1) is 12.3 Å². The maximum atomic E-state index is 11.0. The molecular formula is C8H12N2O. The summed E-state index contributed by atoms with van der Waals surface area (Å²) in [4.78, 5) is 12.6. The van der Waals surface area contributed by atoms with Gasteiger partial charge in [0.15, 0.2) is 0 Å². The number of rotatable bonds is 1. The Kier molecular flexibility index (Phi) is 2.50. The Morgan fingerprint density at radius 2 is 2.55 bits per heavy atom. The maximum absolute atomic E-state index is 11.0. The maximum Gasteiger partial charge on any atom is 0.298 e. The zero-order chi connectivity index (χ0) is 8.27. The second kappa shape index (κ2) is 3.40. The van der Waals surface area contributed by atoms with Crippen LogP contribution >= 0.6 is 0 Å². The summed E-state index contributed by atoms with van der Waals surface area (Å²) >= 11 is 0. The van der Waals surface area contributed by atoms with Crippen molar-refractivity contribution in [3.8, 4) is 12.3 Å². The fourth-order valence-corrected chi connectivity index (χ4v) is 1.24. The topological polar surface area (TPSA) is 32.3 Å². The zero-order valence-corrected chi connectivity index (χ0v) is 6.63. The summed E-state index contributed by atoms with van der Waals surface area (Å²) in [5, 5.41) is 3.17. The van der Waals surface area contributed by atoms with Gasteiger partial charge >= 0.3 is 0 Å². The van der Waals surface area contributed by atoms with Gasteiger partial charge in [0.25, 0.3) is 5.91 Å². The predicted molar refractivity (Wildman–Crippen MR) is 42.9 cm³/mol. The molecular weight excluding hydrogens is 140 g/mol. The first-order valence-electron chi connectivity index (χ1n) is 3.70. The Hall–Kier alpha value is -1.01. The van der Waals surface area contributed by atoms with E-state index in [1.54, 1.807) is 11.9 Å². The van der Waals surface area contributed by atoms with Gasteiger partial charge in [0.05, 0.1) is 0 Å². The molecule has 1 atom stereocenters. The number of hydrogen-bond donors (Lipinski definition) is 1. The van der Waals surface area contributed by atoms with E-state index in [-0.39, 0.29) is 5.91 Å². The Balaban J connectivity index is 2.47. The molecule has 0 aromatic carbocycles. The number of nitrogens with one attached hydrogen (secondary N) is 1. The molecule has 1 aliphatic rings. The standard InChI is InChI=1S/C8H12N2O/c1-3-8(11)10(2)7-4-5-9-6-7/h1,7,9H,4-6H2,2H3. The Morgan fingerprint density at radius 1 is 1.82 bits per heavy atom. The second-order valence-corrected chi connectivity index (χ2v) is 2.71. The van der Waals surface area contributed by atoms with Gasteiger partial charge in [-0.05, 0) is 18.9 Å². The van der Waals surface area contributed by atoms with E-state index in [1.807, 2.05) is 0 Å². The van der Waals surface area contributed by atoms with Crippen LogP contribution < -0.4 is 5.32 Å². The van der Waals surface area contributed by atoms with E-state index in [9.17, 15) is 4.79 Å². The van der Waals surface area contributed by atoms with Gasteiger partial charge in [-0.1, -0.05) is 0 Å². The van der Waals surface area contributed by atoms with E-state index < -0.39 is 0 Å². The molecule has 0 aliphatic carbocycles. The van der Waals surface area contributed by atoms with Crippen molar-refractivity contribution in [2.75, 3.05) is 20.1 Å². The van der Waals surface area contributed by atoms with Gasteiger partial charge in [0, 0.05) is 19.6 Å². The molecule has 3 heteroatoms. The number of amides is 1. The number of nitrogens with zero attached hydrogens (tertiary/aromatic N) is 1. The molecule has 0 radical (unpaired) electrons. The Bertz CT molecular complexity index is 189. The second-order valence-electron chi connectivity index (χ2n) is 2.71. The largest absolute Gasteiger partial charge is 0.331 e. The lowest BCUT2D eigenvalue weighted by Gasteiger charge is -2.20. The lowest BCUT2D eigenvalue weighted by molar-refractivity contribution is -0.125. The number of terminal acetylenes is 1. The molecule has 1 aliphatic heterocycles. The van der Waals surface area contributed by atoms with Crippen LogP contribution in [-0.4, -0.2) is 37.0 Å². The normalized spacial score (nSPS) is 22.7. The van der Waals surface area contributed by atoms with Gasteiger partial charge < -0.3 is 10.2 Å². The van der Waals surface area contributed by atoms with Crippen LogP contribution in [-0.2, 0) is 4.79 Å². The molecule has 1 unspecified atom stereocenters. The van der Waals surface area contributed by atoms with E-state index >= 15 is 0 Å². The van der Waals surface area contributed by atoms with Crippen LogP contribution in [0.5, 0.6) is 0 Å². The van der Waals surface area contributed by atoms with Gasteiger partial charge in [-0.2, -0.15) is 0 Å². The summed E-state index contributed by atoms with van der Waals surface area (Å²) in [5.41, 5.74) is 0. The third-order valence-electron chi connectivity index (χ3n) is 2.03. The van der Waals surface area contributed by atoms with Crippen molar-refractivity contribution in [3.05, 3.63) is 0 Å². The van der Waals surface area contributed by atoms with Gasteiger partial charge in [0.2, 0.25) is 0 Å². The third kappa shape index (κ3) is 1.72. The lowest BCUT2D eigenvalue weighted by atomic mass is 10.2. The number of carbonyl (C=O) groups is 1. The van der Waals surface area contributed by atoms with Gasteiger partial charge in [0.1, 0.15) is 0 Å². The van der Waals surface area contributed by atoms with Crippen molar-refractivity contribution >= 4 is 5.91 Å². The molecule has 11 heavy (non-hydrogen) atoms. The first-order chi connectivity index (χ1) is 5.25. The fourth-order valence-electron chi connectivity index (χ4n) is 1.24. The molecule has 0 bridgehead atoms. The van der Waals surface area contributed by atoms with E-state index in [1.165, 1.54) is 0 Å². The van der Waals surface area contributed by atoms with Crippen LogP contribution in [0.4, 0.5) is 0 Å². The van der Waals surface area contributed by atoms with Gasteiger partial charge in [-0.25, -0.2) is 0 Å². The summed E-state index contributed by atoms with van der Waals surface area (Å²) in [5.74, 6) is 1.88. The van der Waals surface area contributed by atoms with E-state index in [0.717, 1.165) is 19.5 Å². The number of hydrogen-bond acceptors (Lipinski definition) is 2. The molecule has 0 aromatic rings. The molecule has 1 amide bonds. The van der Waals surface area contributed by atoms with Crippen molar-refractivity contribution in [1.82, 2.24) is 10.2 Å². The highest BCUT2D eigenvalue weighted by Crippen LogP contribution is 2.05.